The maximum absolute atomic E-state index is 5.89. The molecule has 0 saturated heterocycles. The monoisotopic (exact) mass is 270 g/mol. The van der Waals surface area contributed by atoms with Crippen LogP contribution in [0.5, 0.6) is 0 Å². The number of nitrogens with two attached hydrogens (primary N) is 1. The molecule has 0 aromatic rings. The molecule has 0 aromatic carbocycles. The third-order valence-electron chi connectivity index (χ3n) is 4.30. The number of unbranched alkanes of at least 4 members (excludes halogenated alkanes) is 4. The maximum atomic E-state index is 5.89. The van der Waals surface area contributed by atoms with Crippen LogP contribution in [0.2, 0.25) is 0 Å². The summed E-state index contributed by atoms with van der Waals surface area (Å²) in [6.45, 7) is 13.5. The normalized spacial score (nSPS) is 13.7. The van der Waals surface area contributed by atoms with Gasteiger partial charge in [-0.3, -0.25) is 0 Å². The molecule has 1 atom stereocenters. The molecular formula is C17H38N2. The first-order valence-electron chi connectivity index (χ1n) is 8.46. The summed E-state index contributed by atoms with van der Waals surface area (Å²) in [5, 5.41) is 3.70. The topological polar surface area (TPSA) is 38.0 Å². The van der Waals surface area contributed by atoms with Gasteiger partial charge in [0.25, 0.3) is 0 Å². The summed E-state index contributed by atoms with van der Waals surface area (Å²) in [4.78, 5) is 0. The Balaban J connectivity index is 3.85. The van der Waals surface area contributed by atoms with Crippen molar-refractivity contribution >= 4 is 0 Å². The molecule has 19 heavy (non-hydrogen) atoms. The van der Waals surface area contributed by atoms with Crippen LogP contribution >= 0.6 is 0 Å². The Morgan fingerprint density at radius 1 is 0.895 bits per heavy atom. The molecule has 1 unspecified atom stereocenters. The van der Waals surface area contributed by atoms with Crippen LogP contribution in [0, 0.1) is 17.8 Å². The Morgan fingerprint density at radius 3 is 1.95 bits per heavy atom. The minimum Gasteiger partial charge on any atom is -0.329 e. The van der Waals surface area contributed by atoms with Crippen molar-refractivity contribution < 1.29 is 0 Å². The second-order valence-corrected chi connectivity index (χ2v) is 6.70. The SMILES string of the molecule is CCCCCCCC(CN)NCC(C(C)C)C(C)C. The van der Waals surface area contributed by atoms with Gasteiger partial charge < -0.3 is 11.1 Å². The van der Waals surface area contributed by atoms with Crippen LogP contribution in [0.3, 0.4) is 0 Å². The van der Waals surface area contributed by atoms with Gasteiger partial charge in [-0.05, 0) is 30.7 Å². The number of hydrogen-bond acceptors (Lipinski definition) is 2. The van der Waals surface area contributed by atoms with E-state index in [0.717, 1.165) is 30.8 Å². The van der Waals surface area contributed by atoms with E-state index in [2.05, 4.69) is 39.9 Å². The zero-order chi connectivity index (χ0) is 14.7. The van der Waals surface area contributed by atoms with E-state index in [1.54, 1.807) is 0 Å². The summed E-state index contributed by atoms with van der Waals surface area (Å²) in [5.41, 5.74) is 5.89. The number of hydrogen-bond donors (Lipinski definition) is 2. The van der Waals surface area contributed by atoms with Crippen LogP contribution in [0.15, 0.2) is 0 Å². The third kappa shape index (κ3) is 9.45. The van der Waals surface area contributed by atoms with Crippen molar-refractivity contribution in [3.05, 3.63) is 0 Å². The van der Waals surface area contributed by atoms with Gasteiger partial charge >= 0.3 is 0 Å². The van der Waals surface area contributed by atoms with E-state index in [0.29, 0.717) is 6.04 Å². The van der Waals surface area contributed by atoms with E-state index in [-0.39, 0.29) is 0 Å². The van der Waals surface area contributed by atoms with Gasteiger partial charge in [0.05, 0.1) is 0 Å². The molecule has 0 fully saturated rings. The quantitative estimate of drug-likeness (QED) is 0.522. The zero-order valence-electron chi connectivity index (χ0n) is 14.0. The van der Waals surface area contributed by atoms with Crippen LogP contribution in [0.4, 0.5) is 0 Å². The molecule has 0 aromatic heterocycles. The van der Waals surface area contributed by atoms with E-state index in [1.807, 2.05) is 0 Å². The van der Waals surface area contributed by atoms with Crippen molar-refractivity contribution in [2.45, 2.75) is 79.2 Å². The molecule has 0 saturated carbocycles. The summed E-state index contributed by atoms with van der Waals surface area (Å²) in [5.74, 6) is 2.25. The molecule has 0 aliphatic carbocycles. The van der Waals surface area contributed by atoms with Crippen LogP contribution < -0.4 is 11.1 Å². The van der Waals surface area contributed by atoms with Gasteiger partial charge in [0, 0.05) is 12.6 Å². The van der Waals surface area contributed by atoms with Gasteiger partial charge in [-0.25, -0.2) is 0 Å². The largest absolute Gasteiger partial charge is 0.329 e. The molecule has 0 aliphatic heterocycles. The molecule has 0 amide bonds. The molecule has 116 valence electrons. The highest BCUT2D eigenvalue weighted by atomic mass is 14.9. The van der Waals surface area contributed by atoms with Crippen LogP contribution in [-0.4, -0.2) is 19.1 Å². The Kier molecular flexibility index (Phi) is 11.7. The summed E-state index contributed by atoms with van der Waals surface area (Å²) in [6.07, 6.45) is 8.01. The summed E-state index contributed by atoms with van der Waals surface area (Å²) < 4.78 is 0. The first-order valence-corrected chi connectivity index (χ1v) is 8.46. The van der Waals surface area contributed by atoms with E-state index in [9.17, 15) is 0 Å². The van der Waals surface area contributed by atoms with Crippen molar-refractivity contribution in [2.75, 3.05) is 13.1 Å². The van der Waals surface area contributed by atoms with Gasteiger partial charge in [0.2, 0.25) is 0 Å². The molecule has 0 radical (unpaired) electrons. The third-order valence-corrected chi connectivity index (χ3v) is 4.30. The molecule has 0 spiro atoms. The second kappa shape index (κ2) is 11.7. The number of rotatable bonds is 12. The predicted molar refractivity (Wildman–Crippen MR) is 87.4 cm³/mol. The Bertz CT molecular complexity index is 182. The smallest absolute Gasteiger partial charge is 0.0190 e. The van der Waals surface area contributed by atoms with Crippen LogP contribution in [-0.2, 0) is 0 Å². The highest BCUT2D eigenvalue weighted by molar-refractivity contribution is 4.74. The second-order valence-electron chi connectivity index (χ2n) is 6.70. The minimum atomic E-state index is 0.515. The standard InChI is InChI=1S/C17H38N2/c1-6-7-8-9-10-11-16(12-18)19-13-17(14(2)3)15(4)5/h14-17,19H,6-13,18H2,1-5H3. The van der Waals surface area contributed by atoms with E-state index in [1.165, 1.54) is 38.5 Å². The molecule has 0 aliphatic rings. The fourth-order valence-electron chi connectivity index (χ4n) is 2.84. The summed E-state index contributed by atoms with van der Waals surface area (Å²) in [7, 11) is 0. The molecule has 3 N–H and O–H groups in total. The molecule has 0 heterocycles. The predicted octanol–water partition coefficient (Wildman–Crippen LogP) is 4.19. The molecule has 0 rings (SSSR count). The first-order chi connectivity index (χ1) is 9.02. The molecule has 0 bridgehead atoms. The Hall–Kier alpha value is -0.0800. The van der Waals surface area contributed by atoms with Gasteiger partial charge in [-0.1, -0.05) is 66.7 Å². The van der Waals surface area contributed by atoms with Crippen molar-refractivity contribution in [1.29, 1.82) is 0 Å². The molecular weight excluding hydrogens is 232 g/mol. The highest BCUT2D eigenvalue weighted by Gasteiger charge is 2.18. The lowest BCUT2D eigenvalue weighted by molar-refractivity contribution is 0.262. The van der Waals surface area contributed by atoms with Gasteiger partial charge in [-0.15, -0.1) is 0 Å². The van der Waals surface area contributed by atoms with Crippen LogP contribution in [0.25, 0.3) is 0 Å². The minimum absolute atomic E-state index is 0.515. The average molecular weight is 271 g/mol. The maximum Gasteiger partial charge on any atom is 0.0190 e. The lowest BCUT2D eigenvalue weighted by Crippen LogP contribution is -2.41. The van der Waals surface area contributed by atoms with Crippen LogP contribution in [0.1, 0.15) is 73.1 Å². The van der Waals surface area contributed by atoms with E-state index >= 15 is 0 Å². The summed E-state index contributed by atoms with van der Waals surface area (Å²) in [6, 6.07) is 0.515. The van der Waals surface area contributed by atoms with Crippen molar-refractivity contribution in [3.8, 4) is 0 Å². The Morgan fingerprint density at radius 2 is 1.47 bits per heavy atom. The van der Waals surface area contributed by atoms with Crippen molar-refractivity contribution in [2.24, 2.45) is 23.5 Å². The fraction of sp³-hybridized carbons (Fsp3) is 1.00. The van der Waals surface area contributed by atoms with E-state index < -0.39 is 0 Å². The highest BCUT2D eigenvalue weighted by Crippen LogP contribution is 2.19. The molecule has 2 nitrogen and oxygen atoms in total. The molecule has 2 heteroatoms. The van der Waals surface area contributed by atoms with Gasteiger partial charge in [-0.2, -0.15) is 0 Å². The lowest BCUT2D eigenvalue weighted by Gasteiger charge is -2.28. The van der Waals surface area contributed by atoms with Gasteiger partial charge in [0.15, 0.2) is 0 Å². The first kappa shape index (κ1) is 18.9. The van der Waals surface area contributed by atoms with Gasteiger partial charge in [0.1, 0.15) is 0 Å². The van der Waals surface area contributed by atoms with E-state index in [4.69, 9.17) is 5.73 Å². The fourth-order valence-corrected chi connectivity index (χ4v) is 2.84. The zero-order valence-corrected chi connectivity index (χ0v) is 14.0. The Labute approximate surface area is 121 Å². The summed E-state index contributed by atoms with van der Waals surface area (Å²) >= 11 is 0. The lowest BCUT2D eigenvalue weighted by atomic mass is 9.85. The average Bonchev–Trinajstić information content (AvgIpc) is 2.35. The van der Waals surface area contributed by atoms with Crippen molar-refractivity contribution in [1.82, 2.24) is 5.32 Å². The van der Waals surface area contributed by atoms with Crippen molar-refractivity contribution in [3.63, 3.8) is 0 Å². The number of nitrogens with one attached hydrogen (secondary N) is 1.